The summed E-state index contributed by atoms with van der Waals surface area (Å²) >= 11 is 0. The number of carbonyl (C=O) groups excluding carboxylic acids is 7. The predicted molar refractivity (Wildman–Crippen MR) is 487 cm³/mol. The number of cyclic esters (lactones) is 1. The Bertz CT molecular complexity index is 4680. The summed E-state index contributed by atoms with van der Waals surface area (Å²) in [6.45, 7) is 20.4. The molecule has 16 atom stereocenters. The van der Waals surface area contributed by atoms with Crippen LogP contribution in [0, 0.1) is 35.5 Å². The minimum Gasteiger partial charge on any atom is -0.460 e. The maximum Gasteiger partial charge on any atom is 0.407 e. The number of fused-ring (bicyclic) bond motifs is 6. The van der Waals surface area contributed by atoms with Gasteiger partial charge in [-0.25, -0.2) is 24.2 Å². The number of benzene rings is 2. The molecular weight excluding hydrogens is 1690 g/mol. The van der Waals surface area contributed by atoms with Crippen LogP contribution in [0.2, 0.25) is 0 Å². The lowest BCUT2D eigenvalue weighted by molar-refractivity contribution is -0.265. The number of likely N-dealkylation sites (tertiary alicyclic amines) is 1. The molecule has 8 heterocycles. The number of aliphatic hydroxyl groups excluding tert-OH is 2. The Labute approximate surface area is 768 Å². The van der Waals surface area contributed by atoms with Gasteiger partial charge in [0.15, 0.2) is 17.0 Å². The molecule has 9 N–H and O–H groups in total. The van der Waals surface area contributed by atoms with Gasteiger partial charge in [-0.1, -0.05) is 89.3 Å². The Morgan fingerprint density at radius 2 is 1.43 bits per heavy atom. The predicted octanol–water partition coefficient (Wildman–Crippen LogP) is 8.52. The standard InChI is InChI=1S/C96H140N12O23/c1-60-16-12-11-13-17-61(2)79(119-8)54-73-24-19-66(7)96(118,131-73)89(114)92(115)107-32-15-14-18-75(107)93(116)128-80(55-76(109)62(3)49-65(6)87(113)88(121-10)86(112)64(5)48-60)63(4)50-67-21-25-78(81(52-67)120-9)130-95(117)99-31-37-123-39-41-125-43-45-127-47-46-126-44-42-124-40-38-122-36-30-82(110)102-72-28-33-105(34-29-72)58-83(111)106-35-27-69-51-68(20-22-71(69)57-106)56-108-91-84(90(97)100-59-101-91)85(104-108)70-23-26-77-74(53-70)103-94(98)129-77/h11-13,16-17,20,22-23,26,49,51,53,59-60,62-64,66-67,72-73,75-76,78-81,87-88,109,113,118H,14-15,18-19,21,24-25,27-48,50,52,54-58H2,1-10H3,(H2,98,103)(H,99,117)(H,102,110)(H2,97,100,101)/b13-11?,16-12+,61-17?,65-49+/t60-,62-,63-,64-,66-,67+,73+,75+,76-,78-,79+,80+,81-,87-,88+,96-/m1/s1. The van der Waals surface area contributed by atoms with Gasteiger partial charge in [0, 0.05) is 109 Å². The number of nitrogens with zero attached hydrogens (tertiary/aromatic N) is 8. The lowest BCUT2D eigenvalue weighted by Gasteiger charge is -2.43. The van der Waals surface area contributed by atoms with E-state index >= 15 is 0 Å². The van der Waals surface area contributed by atoms with Crippen molar-refractivity contribution in [2.45, 2.75) is 231 Å². The van der Waals surface area contributed by atoms with Crippen molar-refractivity contribution in [2.24, 2.45) is 35.5 Å². The van der Waals surface area contributed by atoms with Crippen molar-refractivity contribution in [3.63, 3.8) is 0 Å². The van der Waals surface area contributed by atoms with Crippen molar-refractivity contribution in [2.75, 3.05) is 151 Å². The molecule has 722 valence electrons. The van der Waals surface area contributed by atoms with Crippen LogP contribution >= 0.6 is 0 Å². The van der Waals surface area contributed by atoms with Crippen molar-refractivity contribution in [3.8, 4) is 11.3 Å². The second-order valence-corrected chi connectivity index (χ2v) is 36.0. The highest BCUT2D eigenvalue weighted by atomic mass is 16.6. The van der Waals surface area contributed by atoms with Crippen molar-refractivity contribution in [1.82, 2.24) is 50.1 Å². The molecule has 0 spiro atoms. The Kier molecular flexibility index (Phi) is 39.8. The van der Waals surface area contributed by atoms with Crippen LogP contribution < -0.4 is 22.1 Å². The van der Waals surface area contributed by atoms with E-state index in [0.717, 1.165) is 41.5 Å². The number of nitrogens with one attached hydrogen (secondary N) is 2. The summed E-state index contributed by atoms with van der Waals surface area (Å²) in [4.78, 5) is 116. The van der Waals surface area contributed by atoms with Crippen molar-refractivity contribution < 1.29 is 110 Å². The fourth-order valence-corrected chi connectivity index (χ4v) is 18.5. The molecular formula is C96H140N12O23. The maximum atomic E-state index is 14.8. The molecule has 0 radical (unpaired) electrons. The summed E-state index contributed by atoms with van der Waals surface area (Å²) in [7, 11) is 4.52. The molecule has 5 aliphatic heterocycles. The topological polar surface area (TPSA) is 446 Å². The van der Waals surface area contributed by atoms with Crippen LogP contribution in [0.15, 0.2) is 94.7 Å². The molecule has 5 aromatic rings. The van der Waals surface area contributed by atoms with Gasteiger partial charge in [0.05, 0.1) is 122 Å². The number of carbonyl (C=O) groups is 7. The third-order valence-electron chi connectivity index (χ3n) is 26.3. The third-order valence-corrected chi connectivity index (χ3v) is 26.3. The molecule has 35 heteroatoms. The van der Waals surface area contributed by atoms with Crippen LogP contribution in [0.3, 0.4) is 0 Å². The van der Waals surface area contributed by atoms with Crippen molar-refractivity contribution >= 4 is 75.3 Å². The average molecular weight is 1830 g/mol. The van der Waals surface area contributed by atoms with Crippen molar-refractivity contribution in [3.05, 3.63) is 107 Å². The first kappa shape index (κ1) is 102. The first-order valence-electron chi connectivity index (χ1n) is 46.7. The van der Waals surface area contributed by atoms with Gasteiger partial charge in [-0.3, -0.25) is 28.9 Å². The number of methoxy groups -OCH3 is 3. The number of amides is 4. The monoisotopic (exact) mass is 1830 g/mol. The van der Waals surface area contributed by atoms with Crippen molar-refractivity contribution in [1.29, 1.82) is 0 Å². The van der Waals surface area contributed by atoms with E-state index in [0.29, 0.717) is 202 Å². The summed E-state index contributed by atoms with van der Waals surface area (Å²) in [6, 6.07) is 10.8. The molecule has 4 amide bonds. The van der Waals surface area contributed by atoms with E-state index in [1.165, 1.54) is 23.9 Å². The second kappa shape index (κ2) is 50.9. The number of anilines is 2. The van der Waals surface area contributed by atoms with E-state index in [1.807, 2.05) is 79.8 Å². The Morgan fingerprint density at radius 3 is 2.13 bits per heavy atom. The lowest BCUT2D eigenvalue weighted by atomic mass is 9.78. The number of oxazole rings is 1. The van der Waals surface area contributed by atoms with Crippen LogP contribution in [0.1, 0.15) is 161 Å². The molecule has 4 fully saturated rings. The molecule has 0 unspecified atom stereocenters. The molecule has 3 aromatic heterocycles. The van der Waals surface area contributed by atoms with Crippen LogP contribution in [0.5, 0.6) is 0 Å². The normalized spacial score (nSPS) is 27.4. The Morgan fingerprint density at radius 1 is 0.718 bits per heavy atom. The van der Waals surface area contributed by atoms with E-state index in [-0.39, 0.29) is 93.5 Å². The molecule has 11 rings (SSSR count). The van der Waals surface area contributed by atoms with E-state index in [2.05, 4.69) is 48.7 Å². The summed E-state index contributed by atoms with van der Waals surface area (Å²) in [5, 5.41) is 47.4. The Hall–Kier alpha value is -9.05. The molecule has 2 bridgehead atoms. The number of Topliss-reactive ketones (excluding diaryl/α,β-unsaturated/α-hetero) is 2. The number of allylic oxidation sites excluding steroid dienone is 5. The average Bonchev–Trinajstić information content (AvgIpc) is 1.59. The fraction of sp³-hybridized carbons (Fsp3) is 0.656. The van der Waals surface area contributed by atoms with Gasteiger partial charge < -0.3 is 108 Å². The molecule has 3 saturated heterocycles. The molecule has 1 saturated carbocycles. The minimum absolute atomic E-state index is 0.00128. The number of piperidine rings is 2. The number of esters is 1. The lowest BCUT2D eigenvalue weighted by Crippen LogP contribution is -2.61. The highest BCUT2D eigenvalue weighted by Crippen LogP contribution is 2.40. The SMILES string of the molecule is CO[C@H]1C[C@@H]2CC[C@@H](C)[C@@](O)(O2)C(=O)C(=O)N2CCCC[C@H]2C(=O)O[C@H]([C@H](C)C[C@@H]2CC[C@@H](OC(=O)NCCOCCOCCOCCOCCOCCOCCC(=O)NC3CCN(CC(=O)N4CCc5cc(Cn6nc(-c7ccc8oc(N)nc8c7)c7c(N)ncnc76)ccc5C4)CC3)[C@H](OC)C2)C[C@@H](O)[C@H](C)/C=C(\C)[C@@H](O)[C@@H](OC)C(=O)[C@H](C)C[C@H](C)/C=C/C=CC=C1C. The smallest absolute Gasteiger partial charge is 0.407 e. The zero-order valence-corrected chi connectivity index (χ0v) is 77.9. The van der Waals surface area contributed by atoms with Gasteiger partial charge in [0.1, 0.15) is 53.8 Å². The van der Waals surface area contributed by atoms with E-state index in [4.69, 9.17) is 77.8 Å². The van der Waals surface area contributed by atoms with Gasteiger partial charge in [0.2, 0.25) is 17.6 Å². The number of ether oxygens (including phenoxy) is 12. The zero-order chi connectivity index (χ0) is 93.7. The quantitative estimate of drug-likeness (QED) is 0.00877. The number of aromatic nitrogens is 5. The molecule has 1 aliphatic carbocycles. The maximum absolute atomic E-state index is 14.8. The number of hydrogen-bond donors (Lipinski definition) is 7. The van der Waals surface area contributed by atoms with E-state index in [9.17, 15) is 48.9 Å². The van der Waals surface area contributed by atoms with E-state index < -0.39 is 108 Å². The van der Waals surface area contributed by atoms with Gasteiger partial charge in [0.25, 0.3) is 17.7 Å². The van der Waals surface area contributed by atoms with Crippen LogP contribution in [0.4, 0.5) is 16.6 Å². The number of nitrogens with two attached hydrogens (primary N) is 2. The van der Waals surface area contributed by atoms with Crippen LogP contribution in [-0.2, 0) is 105 Å². The van der Waals surface area contributed by atoms with Crippen LogP contribution in [0.25, 0.3) is 33.4 Å². The van der Waals surface area contributed by atoms with Gasteiger partial charge in [-0.15, -0.1) is 0 Å². The summed E-state index contributed by atoms with van der Waals surface area (Å²) in [6.07, 6.45) is 12.8. The van der Waals surface area contributed by atoms with Crippen LogP contribution in [-0.4, -0.2) is 303 Å². The highest BCUT2D eigenvalue weighted by Gasteiger charge is 2.53. The number of alkyl carbamates (subject to hydrolysis) is 1. The second-order valence-electron chi connectivity index (χ2n) is 36.0. The van der Waals surface area contributed by atoms with E-state index in [1.54, 1.807) is 47.1 Å². The molecule has 131 heavy (non-hydrogen) atoms. The van der Waals surface area contributed by atoms with Gasteiger partial charge in [-0.05, 0) is 161 Å². The number of rotatable bonds is 34. The first-order chi connectivity index (χ1) is 63.1. The summed E-state index contributed by atoms with van der Waals surface area (Å²) in [5.74, 6) is -7.60. The molecule has 35 nitrogen and oxygen atoms in total. The third kappa shape index (κ3) is 29.2. The Balaban J connectivity index is 0.518. The number of ketones is 2. The highest BCUT2D eigenvalue weighted by molar-refractivity contribution is 6.39. The van der Waals surface area contributed by atoms with Gasteiger partial charge in [-0.2, -0.15) is 10.1 Å². The minimum atomic E-state index is -2.47. The summed E-state index contributed by atoms with van der Waals surface area (Å²) < 4.78 is 77.3. The molecule has 6 aliphatic rings. The fourth-order valence-electron chi connectivity index (χ4n) is 18.5. The number of nitrogen functional groups attached to an aromatic ring is 2. The molecule has 2 aromatic carbocycles. The summed E-state index contributed by atoms with van der Waals surface area (Å²) in [5.41, 5.74) is 20.0. The first-order valence-corrected chi connectivity index (χ1v) is 46.7. The number of hydrogen-bond acceptors (Lipinski definition) is 30. The number of aliphatic hydroxyl groups is 3. The largest absolute Gasteiger partial charge is 0.460 e. The van der Waals surface area contributed by atoms with Gasteiger partial charge >= 0.3 is 12.1 Å². The zero-order valence-electron chi connectivity index (χ0n) is 77.9.